The Kier molecular flexibility index (Phi) is 4.97. The number of H-pyrrole nitrogens is 2. The third-order valence-corrected chi connectivity index (χ3v) is 4.51. The summed E-state index contributed by atoms with van der Waals surface area (Å²) in [6, 6.07) is 17.1. The van der Waals surface area contributed by atoms with Crippen LogP contribution in [-0.4, -0.2) is 26.1 Å². The summed E-state index contributed by atoms with van der Waals surface area (Å²) in [7, 11) is 0. The lowest BCUT2D eigenvalue weighted by Crippen LogP contribution is -2.25. The highest BCUT2D eigenvalue weighted by atomic mass is 16.1. The van der Waals surface area contributed by atoms with Gasteiger partial charge in [0.25, 0.3) is 5.56 Å². The van der Waals surface area contributed by atoms with E-state index in [0.29, 0.717) is 23.3 Å². The summed E-state index contributed by atoms with van der Waals surface area (Å²) >= 11 is 0. The predicted octanol–water partition coefficient (Wildman–Crippen LogP) is 2.56. The molecule has 0 aliphatic carbocycles. The lowest BCUT2D eigenvalue weighted by molar-refractivity contribution is -0.121. The van der Waals surface area contributed by atoms with Gasteiger partial charge in [-0.3, -0.25) is 14.7 Å². The van der Waals surface area contributed by atoms with E-state index in [9.17, 15) is 9.59 Å². The fourth-order valence-electron chi connectivity index (χ4n) is 3.05. The quantitative estimate of drug-likeness (QED) is 0.483. The molecular weight excluding hydrogens is 354 g/mol. The Hall–Kier alpha value is -3.74. The largest absolute Gasteiger partial charge is 0.352 e. The first-order valence-corrected chi connectivity index (χ1v) is 9.03. The van der Waals surface area contributed by atoms with E-state index in [-0.39, 0.29) is 24.3 Å². The van der Waals surface area contributed by atoms with E-state index in [1.807, 2.05) is 48.5 Å². The molecule has 140 valence electrons. The Labute approximate surface area is 160 Å². The number of hydrogen-bond acceptors (Lipinski definition) is 4. The normalized spacial score (nSPS) is 10.9. The maximum Gasteiger partial charge on any atom is 0.270 e. The van der Waals surface area contributed by atoms with E-state index in [1.165, 1.54) is 0 Å². The minimum Gasteiger partial charge on any atom is -0.352 e. The van der Waals surface area contributed by atoms with Crippen molar-refractivity contribution in [2.24, 2.45) is 0 Å². The SMILES string of the molecule is O=C(CCc1nc2ccccc2[nH]c1=O)NCc1cn[nH]c1-c1ccccc1. The molecule has 1 amide bonds. The van der Waals surface area contributed by atoms with Crippen LogP contribution in [0.5, 0.6) is 0 Å². The Morgan fingerprint density at radius 1 is 1.04 bits per heavy atom. The fourth-order valence-corrected chi connectivity index (χ4v) is 3.05. The number of aromatic nitrogens is 4. The highest BCUT2D eigenvalue weighted by Gasteiger charge is 2.11. The number of aryl methyl sites for hydroxylation is 1. The molecule has 0 fully saturated rings. The summed E-state index contributed by atoms with van der Waals surface area (Å²) in [5, 5.41) is 9.93. The first-order chi connectivity index (χ1) is 13.7. The van der Waals surface area contributed by atoms with Gasteiger partial charge in [0.2, 0.25) is 5.91 Å². The van der Waals surface area contributed by atoms with Crippen molar-refractivity contribution in [1.29, 1.82) is 0 Å². The van der Waals surface area contributed by atoms with Crippen molar-refractivity contribution in [1.82, 2.24) is 25.5 Å². The molecule has 0 unspecified atom stereocenters. The Balaban J connectivity index is 1.38. The van der Waals surface area contributed by atoms with Crippen LogP contribution in [0.4, 0.5) is 0 Å². The fraction of sp³-hybridized carbons (Fsp3) is 0.143. The smallest absolute Gasteiger partial charge is 0.270 e. The average Bonchev–Trinajstić information content (AvgIpc) is 3.20. The minimum atomic E-state index is -0.257. The average molecular weight is 373 g/mol. The van der Waals surface area contributed by atoms with Crippen LogP contribution in [0.3, 0.4) is 0 Å². The zero-order chi connectivity index (χ0) is 19.3. The summed E-state index contributed by atoms with van der Waals surface area (Å²) < 4.78 is 0. The first kappa shape index (κ1) is 17.7. The van der Waals surface area contributed by atoms with E-state index >= 15 is 0 Å². The van der Waals surface area contributed by atoms with Crippen molar-refractivity contribution in [2.75, 3.05) is 0 Å². The number of rotatable bonds is 6. The van der Waals surface area contributed by atoms with Crippen molar-refractivity contribution < 1.29 is 4.79 Å². The Morgan fingerprint density at radius 2 is 1.82 bits per heavy atom. The van der Waals surface area contributed by atoms with Gasteiger partial charge in [0.05, 0.1) is 22.9 Å². The second-order valence-corrected chi connectivity index (χ2v) is 6.44. The highest BCUT2D eigenvalue weighted by molar-refractivity contribution is 5.77. The van der Waals surface area contributed by atoms with Gasteiger partial charge in [0.15, 0.2) is 0 Å². The van der Waals surface area contributed by atoms with Gasteiger partial charge in [-0.05, 0) is 17.7 Å². The van der Waals surface area contributed by atoms with Crippen LogP contribution >= 0.6 is 0 Å². The van der Waals surface area contributed by atoms with Crippen molar-refractivity contribution in [3.63, 3.8) is 0 Å². The molecule has 0 bridgehead atoms. The molecule has 3 N–H and O–H groups in total. The zero-order valence-electron chi connectivity index (χ0n) is 15.1. The maximum atomic E-state index is 12.3. The summed E-state index contributed by atoms with van der Waals surface area (Å²) in [4.78, 5) is 31.6. The third kappa shape index (κ3) is 3.83. The number of nitrogens with one attached hydrogen (secondary N) is 3. The molecule has 4 aromatic rings. The van der Waals surface area contributed by atoms with Crippen LogP contribution < -0.4 is 10.9 Å². The topological polar surface area (TPSA) is 104 Å². The van der Waals surface area contributed by atoms with Gasteiger partial charge in [0.1, 0.15) is 5.69 Å². The lowest BCUT2D eigenvalue weighted by atomic mass is 10.1. The van der Waals surface area contributed by atoms with Crippen molar-refractivity contribution in [3.05, 3.63) is 82.4 Å². The Morgan fingerprint density at radius 3 is 2.68 bits per heavy atom. The molecule has 28 heavy (non-hydrogen) atoms. The molecule has 2 aromatic carbocycles. The second kappa shape index (κ2) is 7.87. The van der Waals surface area contributed by atoms with Crippen molar-refractivity contribution in [3.8, 4) is 11.3 Å². The van der Waals surface area contributed by atoms with Crippen LogP contribution in [0.25, 0.3) is 22.3 Å². The molecule has 2 heterocycles. The molecule has 4 rings (SSSR count). The van der Waals surface area contributed by atoms with Crippen LogP contribution in [0, 0.1) is 0 Å². The molecule has 0 spiro atoms. The van der Waals surface area contributed by atoms with E-state index in [1.54, 1.807) is 12.3 Å². The molecule has 0 aliphatic rings. The predicted molar refractivity (Wildman–Crippen MR) is 107 cm³/mol. The Bertz CT molecular complexity index is 1160. The molecule has 2 aromatic heterocycles. The number of para-hydroxylation sites is 2. The summed E-state index contributed by atoms with van der Waals surface area (Å²) in [5.41, 5.74) is 4.30. The van der Waals surface area contributed by atoms with Gasteiger partial charge in [0, 0.05) is 24.9 Å². The van der Waals surface area contributed by atoms with Crippen molar-refractivity contribution >= 4 is 16.9 Å². The number of hydrogen-bond donors (Lipinski definition) is 3. The van der Waals surface area contributed by atoms with E-state index in [0.717, 1.165) is 16.8 Å². The van der Waals surface area contributed by atoms with E-state index < -0.39 is 0 Å². The number of nitrogens with zero attached hydrogens (tertiary/aromatic N) is 2. The minimum absolute atomic E-state index is 0.144. The first-order valence-electron chi connectivity index (χ1n) is 9.03. The number of fused-ring (bicyclic) bond motifs is 1. The molecule has 0 radical (unpaired) electrons. The zero-order valence-corrected chi connectivity index (χ0v) is 15.1. The van der Waals surface area contributed by atoms with Crippen LogP contribution in [0.2, 0.25) is 0 Å². The van der Waals surface area contributed by atoms with Gasteiger partial charge in [-0.15, -0.1) is 0 Å². The molecule has 0 saturated carbocycles. The number of carbonyl (C=O) groups is 1. The third-order valence-electron chi connectivity index (χ3n) is 4.51. The summed E-state index contributed by atoms with van der Waals surface area (Å²) in [6.07, 6.45) is 2.17. The van der Waals surface area contributed by atoms with Gasteiger partial charge in [-0.25, -0.2) is 4.98 Å². The van der Waals surface area contributed by atoms with Crippen LogP contribution in [0.15, 0.2) is 65.6 Å². The lowest BCUT2D eigenvalue weighted by Gasteiger charge is -2.06. The van der Waals surface area contributed by atoms with Gasteiger partial charge < -0.3 is 10.3 Å². The molecule has 0 aliphatic heterocycles. The van der Waals surface area contributed by atoms with Crippen LogP contribution in [-0.2, 0) is 17.8 Å². The number of amides is 1. The highest BCUT2D eigenvalue weighted by Crippen LogP contribution is 2.20. The number of carbonyl (C=O) groups excluding carboxylic acids is 1. The number of benzene rings is 2. The van der Waals surface area contributed by atoms with Gasteiger partial charge in [-0.1, -0.05) is 42.5 Å². The van der Waals surface area contributed by atoms with Gasteiger partial charge >= 0.3 is 0 Å². The van der Waals surface area contributed by atoms with E-state index in [4.69, 9.17) is 0 Å². The molecule has 0 saturated heterocycles. The molecule has 7 heteroatoms. The van der Waals surface area contributed by atoms with Crippen molar-refractivity contribution in [2.45, 2.75) is 19.4 Å². The van der Waals surface area contributed by atoms with E-state index in [2.05, 4.69) is 25.5 Å². The van der Waals surface area contributed by atoms with Gasteiger partial charge in [-0.2, -0.15) is 5.10 Å². The molecule has 7 nitrogen and oxygen atoms in total. The number of aromatic amines is 2. The standard InChI is InChI=1S/C21H19N5O2/c27-19(11-10-18-21(28)25-17-9-5-4-8-16(17)24-18)22-12-15-13-23-26-20(15)14-6-2-1-3-7-14/h1-9,13H,10-12H2,(H,22,27)(H,23,26)(H,25,28). The summed E-state index contributed by atoms with van der Waals surface area (Å²) in [6.45, 7) is 0.362. The maximum absolute atomic E-state index is 12.3. The molecule has 0 atom stereocenters. The summed E-state index contributed by atoms with van der Waals surface area (Å²) in [5.74, 6) is -0.144. The molecular formula is C21H19N5O2. The van der Waals surface area contributed by atoms with Crippen LogP contribution in [0.1, 0.15) is 17.7 Å². The monoisotopic (exact) mass is 373 g/mol. The second-order valence-electron chi connectivity index (χ2n) is 6.44.